The minimum Gasteiger partial charge on any atom is -0.411 e. The Balaban J connectivity index is 1.63. The lowest BCUT2D eigenvalue weighted by Crippen LogP contribution is -2.08. The normalized spacial score (nSPS) is 11.5. The predicted octanol–water partition coefficient (Wildman–Crippen LogP) is 3.61. The molecule has 2 aromatic carbocycles. The average molecular weight is 360 g/mol. The smallest absolute Gasteiger partial charge is 0.276 e. The molecule has 1 heterocycles. The summed E-state index contributed by atoms with van der Waals surface area (Å²) in [6.07, 6.45) is 0. The number of hydrogen-bond acceptors (Lipinski definition) is 6. The minimum absolute atomic E-state index is 0.0176. The van der Waals surface area contributed by atoms with E-state index in [0.717, 1.165) is 11.1 Å². The molecule has 7 heteroatoms. The molecular weight excluding hydrogens is 344 g/mol. The van der Waals surface area contributed by atoms with E-state index in [2.05, 4.69) is 10.2 Å². The van der Waals surface area contributed by atoms with Gasteiger partial charge in [0.1, 0.15) is 0 Å². The molecule has 0 spiro atoms. The summed E-state index contributed by atoms with van der Waals surface area (Å²) in [6, 6.07) is 16.2. The van der Waals surface area contributed by atoms with Crippen molar-refractivity contribution in [2.24, 2.45) is 0 Å². The molecular formula is C17H16N2O3S2. The molecule has 0 unspecified atom stereocenters. The van der Waals surface area contributed by atoms with Crippen LogP contribution in [0.1, 0.15) is 5.56 Å². The van der Waals surface area contributed by atoms with E-state index < -0.39 is 9.84 Å². The van der Waals surface area contributed by atoms with Crippen LogP contribution in [-0.4, -0.2) is 30.1 Å². The molecule has 0 saturated heterocycles. The molecule has 0 atom stereocenters. The van der Waals surface area contributed by atoms with Crippen LogP contribution in [0, 0.1) is 6.92 Å². The Hall–Kier alpha value is -2.12. The fraction of sp³-hybridized carbons (Fsp3) is 0.176. The van der Waals surface area contributed by atoms with Crippen molar-refractivity contribution < 1.29 is 12.8 Å². The number of aryl methyl sites for hydroxylation is 1. The van der Waals surface area contributed by atoms with Crippen LogP contribution in [0.2, 0.25) is 0 Å². The van der Waals surface area contributed by atoms with E-state index in [9.17, 15) is 8.42 Å². The van der Waals surface area contributed by atoms with Crippen LogP contribution in [0.4, 0.5) is 0 Å². The third kappa shape index (κ3) is 3.85. The zero-order chi connectivity index (χ0) is 17.0. The zero-order valence-corrected chi connectivity index (χ0v) is 14.7. The summed E-state index contributed by atoms with van der Waals surface area (Å²) in [7, 11) is -3.29. The SMILES string of the molecule is Cc1ccccc1-c1nnc(SCCS(=O)(=O)c2ccccc2)o1. The van der Waals surface area contributed by atoms with Gasteiger partial charge in [-0.3, -0.25) is 0 Å². The molecule has 0 radical (unpaired) electrons. The molecule has 1 aromatic heterocycles. The van der Waals surface area contributed by atoms with Gasteiger partial charge in [0.2, 0.25) is 5.89 Å². The molecule has 0 aliphatic heterocycles. The second-order valence-corrected chi connectivity index (χ2v) is 8.32. The first-order valence-electron chi connectivity index (χ1n) is 7.36. The van der Waals surface area contributed by atoms with Gasteiger partial charge < -0.3 is 4.42 Å². The molecule has 0 fully saturated rings. The Labute approximate surface area is 145 Å². The van der Waals surface area contributed by atoms with E-state index in [1.54, 1.807) is 30.3 Å². The van der Waals surface area contributed by atoms with Gasteiger partial charge in [0.05, 0.1) is 10.6 Å². The van der Waals surface area contributed by atoms with Crippen molar-refractivity contribution in [3.63, 3.8) is 0 Å². The molecule has 3 aromatic rings. The van der Waals surface area contributed by atoms with E-state index >= 15 is 0 Å². The maximum absolute atomic E-state index is 12.2. The number of nitrogens with zero attached hydrogens (tertiary/aromatic N) is 2. The second-order valence-electron chi connectivity index (χ2n) is 5.17. The summed E-state index contributed by atoms with van der Waals surface area (Å²) in [5, 5.41) is 8.38. The second kappa shape index (κ2) is 7.19. The summed E-state index contributed by atoms with van der Waals surface area (Å²) in [5.41, 5.74) is 1.93. The van der Waals surface area contributed by atoms with Gasteiger partial charge in [0.15, 0.2) is 9.84 Å². The van der Waals surface area contributed by atoms with Crippen LogP contribution in [0.15, 0.2) is 69.1 Å². The van der Waals surface area contributed by atoms with Crippen LogP contribution in [0.5, 0.6) is 0 Å². The molecule has 0 bridgehead atoms. The topological polar surface area (TPSA) is 73.1 Å². The highest BCUT2D eigenvalue weighted by Gasteiger charge is 2.16. The third-order valence-electron chi connectivity index (χ3n) is 3.46. The van der Waals surface area contributed by atoms with Crippen molar-refractivity contribution in [2.45, 2.75) is 17.0 Å². The number of sulfone groups is 1. The number of aromatic nitrogens is 2. The number of rotatable bonds is 6. The van der Waals surface area contributed by atoms with Crippen LogP contribution in [-0.2, 0) is 9.84 Å². The predicted molar refractivity (Wildman–Crippen MR) is 93.7 cm³/mol. The van der Waals surface area contributed by atoms with Crippen LogP contribution in [0.25, 0.3) is 11.5 Å². The van der Waals surface area contributed by atoms with Crippen molar-refractivity contribution in [1.29, 1.82) is 0 Å². The lowest BCUT2D eigenvalue weighted by molar-refractivity contribution is 0.466. The van der Waals surface area contributed by atoms with E-state index in [1.165, 1.54) is 11.8 Å². The first-order chi connectivity index (χ1) is 11.6. The molecule has 3 rings (SSSR count). The Kier molecular flexibility index (Phi) is 5.01. The largest absolute Gasteiger partial charge is 0.411 e. The van der Waals surface area contributed by atoms with Crippen molar-refractivity contribution in [1.82, 2.24) is 10.2 Å². The Morgan fingerprint density at radius 2 is 1.71 bits per heavy atom. The first-order valence-corrected chi connectivity index (χ1v) is 10.0. The lowest BCUT2D eigenvalue weighted by atomic mass is 10.1. The summed E-state index contributed by atoms with van der Waals surface area (Å²) in [6.45, 7) is 1.97. The van der Waals surface area contributed by atoms with Crippen LogP contribution < -0.4 is 0 Å². The van der Waals surface area contributed by atoms with Gasteiger partial charge in [0.25, 0.3) is 5.22 Å². The Morgan fingerprint density at radius 3 is 2.46 bits per heavy atom. The standard InChI is InChI=1S/C17H16N2O3S2/c1-13-7-5-6-10-15(13)16-18-19-17(22-16)23-11-12-24(20,21)14-8-3-2-4-9-14/h2-10H,11-12H2,1H3. The van der Waals surface area contributed by atoms with E-state index in [-0.39, 0.29) is 5.75 Å². The van der Waals surface area contributed by atoms with Crippen molar-refractivity contribution in [3.8, 4) is 11.5 Å². The zero-order valence-electron chi connectivity index (χ0n) is 13.0. The van der Waals surface area contributed by atoms with E-state index in [0.29, 0.717) is 21.8 Å². The van der Waals surface area contributed by atoms with Crippen LogP contribution >= 0.6 is 11.8 Å². The Bertz CT molecular complexity index is 922. The molecule has 5 nitrogen and oxygen atoms in total. The van der Waals surface area contributed by atoms with Gasteiger partial charge in [0, 0.05) is 11.3 Å². The molecule has 0 amide bonds. The Morgan fingerprint density at radius 1 is 1.00 bits per heavy atom. The van der Waals surface area contributed by atoms with E-state index in [4.69, 9.17) is 4.42 Å². The number of thioether (sulfide) groups is 1. The molecule has 24 heavy (non-hydrogen) atoms. The molecule has 0 saturated carbocycles. The molecule has 0 aliphatic carbocycles. The maximum atomic E-state index is 12.2. The average Bonchev–Trinajstić information content (AvgIpc) is 3.04. The highest BCUT2D eigenvalue weighted by Crippen LogP contribution is 2.25. The molecule has 0 aliphatic rings. The highest BCUT2D eigenvalue weighted by atomic mass is 32.2. The van der Waals surface area contributed by atoms with Crippen LogP contribution in [0.3, 0.4) is 0 Å². The fourth-order valence-corrected chi connectivity index (χ4v) is 4.60. The van der Waals surface area contributed by atoms with Gasteiger partial charge in [-0.25, -0.2) is 8.42 Å². The van der Waals surface area contributed by atoms with E-state index in [1.807, 2.05) is 31.2 Å². The summed E-state index contributed by atoms with van der Waals surface area (Å²) in [5.74, 6) is 0.817. The third-order valence-corrected chi connectivity index (χ3v) is 6.27. The highest BCUT2D eigenvalue weighted by molar-refractivity contribution is 8.00. The summed E-state index contributed by atoms with van der Waals surface area (Å²) in [4.78, 5) is 0.330. The lowest BCUT2D eigenvalue weighted by Gasteiger charge is -2.02. The summed E-state index contributed by atoms with van der Waals surface area (Å²) < 4.78 is 30.0. The van der Waals surface area contributed by atoms with Gasteiger partial charge in [-0.05, 0) is 30.7 Å². The maximum Gasteiger partial charge on any atom is 0.276 e. The number of benzene rings is 2. The minimum atomic E-state index is -3.29. The number of hydrogen-bond donors (Lipinski definition) is 0. The monoisotopic (exact) mass is 360 g/mol. The molecule has 124 valence electrons. The van der Waals surface area contributed by atoms with Crippen molar-refractivity contribution >= 4 is 21.6 Å². The summed E-state index contributed by atoms with van der Waals surface area (Å²) >= 11 is 1.24. The van der Waals surface area contributed by atoms with Crippen molar-refractivity contribution in [2.75, 3.05) is 11.5 Å². The quantitative estimate of drug-likeness (QED) is 0.625. The fourth-order valence-electron chi connectivity index (χ4n) is 2.17. The van der Waals surface area contributed by atoms with Gasteiger partial charge in [-0.15, -0.1) is 10.2 Å². The molecule has 0 N–H and O–H groups in total. The first kappa shape index (κ1) is 16.7. The van der Waals surface area contributed by atoms with Gasteiger partial charge in [-0.2, -0.15) is 0 Å². The van der Waals surface area contributed by atoms with Gasteiger partial charge in [-0.1, -0.05) is 48.2 Å². The van der Waals surface area contributed by atoms with Crippen molar-refractivity contribution in [3.05, 3.63) is 60.2 Å². The van der Waals surface area contributed by atoms with Gasteiger partial charge >= 0.3 is 0 Å².